The fourth-order valence-corrected chi connectivity index (χ4v) is 2.90. The Labute approximate surface area is 83.7 Å². The van der Waals surface area contributed by atoms with Crippen molar-refractivity contribution in [2.75, 3.05) is 13.1 Å². The van der Waals surface area contributed by atoms with Crippen LogP contribution >= 0.6 is 0 Å². The maximum absolute atomic E-state index is 3.85. The molecule has 76 valence electrons. The van der Waals surface area contributed by atoms with Crippen molar-refractivity contribution in [3.05, 3.63) is 12.7 Å². The van der Waals surface area contributed by atoms with E-state index < -0.39 is 0 Å². The van der Waals surface area contributed by atoms with Gasteiger partial charge in [-0.1, -0.05) is 6.42 Å². The Bertz CT molecular complexity index is 302. The molecule has 1 saturated heterocycles. The smallest absolute Gasteiger partial charge is 0.119 e. The Morgan fingerprint density at radius 2 is 2.14 bits per heavy atom. The number of rotatable bonds is 2. The molecule has 1 aromatic rings. The van der Waals surface area contributed by atoms with Crippen LogP contribution in [0.3, 0.4) is 0 Å². The average molecular weight is 192 g/mol. The van der Waals surface area contributed by atoms with E-state index >= 15 is 0 Å². The van der Waals surface area contributed by atoms with Gasteiger partial charge in [0.25, 0.3) is 0 Å². The van der Waals surface area contributed by atoms with Gasteiger partial charge in [-0.15, -0.1) is 10.2 Å². The third-order valence-electron chi connectivity index (χ3n) is 3.98. The van der Waals surface area contributed by atoms with E-state index in [1.807, 2.05) is 12.7 Å². The molecule has 3 rings (SSSR count). The number of nitrogens with one attached hydrogen (secondary N) is 1. The van der Waals surface area contributed by atoms with Crippen LogP contribution in [-0.4, -0.2) is 27.9 Å². The molecule has 1 saturated carbocycles. The summed E-state index contributed by atoms with van der Waals surface area (Å²) in [7, 11) is 0. The Hall–Kier alpha value is -0.900. The minimum Gasteiger partial charge on any atom is -0.320 e. The number of hydrogen-bond donors (Lipinski definition) is 1. The van der Waals surface area contributed by atoms with Crippen molar-refractivity contribution in [1.29, 1.82) is 0 Å². The van der Waals surface area contributed by atoms with E-state index in [2.05, 4.69) is 20.1 Å². The maximum atomic E-state index is 3.85. The van der Waals surface area contributed by atoms with Crippen LogP contribution in [0.4, 0.5) is 0 Å². The zero-order valence-corrected chi connectivity index (χ0v) is 8.32. The lowest BCUT2D eigenvalue weighted by Gasteiger charge is -2.42. The molecule has 2 aliphatic rings. The molecular weight excluding hydrogens is 176 g/mol. The second-order valence-corrected chi connectivity index (χ2v) is 4.70. The summed E-state index contributed by atoms with van der Waals surface area (Å²) >= 11 is 0. The summed E-state index contributed by atoms with van der Waals surface area (Å²) in [5, 5.41) is 11.2. The molecule has 14 heavy (non-hydrogen) atoms. The monoisotopic (exact) mass is 192 g/mol. The lowest BCUT2D eigenvalue weighted by Crippen LogP contribution is -2.38. The zero-order chi connectivity index (χ0) is 9.43. The van der Waals surface area contributed by atoms with Gasteiger partial charge < -0.3 is 9.88 Å². The minimum atomic E-state index is 0.615. The Morgan fingerprint density at radius 1 is 1.36 bits per heavy atom. The first-order valence-electron chi connectivity index (χ1n) is 5.42. The molecule has 0 amide bonds. The highest BCUT2D eigenvalue weighted by atomic mass is 15.2. The van der Waals surface area contributed by atoms with Crippen LogP contribution in [0.2, 0.25) is 0 Å². The number of nitrogens with zero attached hydrogens (tertiary/aromatic N) is 3. The van der Waals surface area contributed by atoms with E-state index in [-0.39, 0.29) is 0 Å². The minimum absolute atomic E-state index is 0.615. The number of aromatic nitrogens is 3. The van der Waals surface area contributed by atoms with Crippen LogP contribution in [-0.2, 0) is 6.54 Å². The van der Waals surface area contributed by atoms with Crippen molar-refractivity contribution in [3.8, 4) is 0 Å². The van der Waals surface area contributed by atoms with Gasteiger partial charge in [-0.25, -0.2) is 0 Å². The van der Waals surface area contributed by atoms with E-state index in [1.165, 1.54) is 25.8 Å². The quantitative estimate of drug-likeness (QED) is 0.749. The second-order valence-electron chi connectivity index (χ2n) is 4.70. The summed E-state index contributed by atoms with van der Waals surface area (Å²) in [5.74, 6) is 0.784. The van der Waals surface area contributed by atoms with E-state index in [1.54, 1.807) is 0 Å². The largest absolute Gasteiger partial charge is 0.320 e. The highest BCUT2D eigenvalue weighted by Crippen LogP contribution is 2.49. The first kappa shape index (κ1) is 8.41. The molecule has 4 heteroatoms. The highest BCUT2D eigenvalue weighted by Gasteiger charge is 2.46. The molecular formula is C10H16N4. The highest BCUT2D eigenvalue weighted by molar-refractivity contribution is 5.00. The van der Waals surface area contributed by atoms with Gasteiger partial charge in [0.05, 0.1) is 0 Å². The molecule has 0 radical (unpaired) electrons. The molecule has 2 heterocycles. The molecule has 1 unspecified atom stereocenters. The molecule has 0 aromatic carbocycles. The molecule has 2 fully saturated rings. The lowest BCUT2D eigenvalue weighted by atomic mass is 9.63. The predicted molar refractivity (Wildman–Crippen MR) is 52.7 cm³/mol. The summed E-state index contributed by atoms with van der Waals surface area (Å²) in [6, 6.07) is 0. The Morgan fingerprint density at radius 3 is 2.79 bits per heavy atom. The summed E-state index contributed by atoms with van der Waals surface area (Å²) in [6.45, 7) is 3.47. The van der Waals surface area contributed by atoms with E-state index in [0.29, 0.717) is 5.41 Å². The Kier molecular flexibility index (Phi) is 1.83. The van der Waals surface area contributed by atoms with Gasteiger partial charge in [-0.2, -0.15) is 0 Å². The molecule has 1 spiro atoms. The van der Waals surface area contributed by atoms with Crippen LogP contribution in [0, 0.1) is 11.3 Å². The molecule has 1 aromatic heterocycles. The van der Waals surface area contributed by atoms with Crippen LogP contribution in [0.5, 0.6) is 0 Å². The average Bonchev–Trinajstić information content (AvgIpc) is 2.71. The Balaban J connectivity index is 1.72. The summed E-state index contributed by atoms with van der Waals surface area (Å²) < 4.78 is 2.11. The summed E-state index contributed by atoms with van der Waals surface area (Å²) in [6.07, 6.45) is 7.88. The van der Waals surface area contributed by atoms with E-state index in [0.717, 1.165) is 19.0 Å². The first-order valence-corrected chi connectivity index (χ1v) is 5.42. The first-order chi connectivity index (χ1) is 6.89. The van der Waals surface area contributed by atoms with Gasteiger partial charge in [0.1, 0.15) is 12.7 Å². The fraction of sp³-hybridized carbons (Fsp3) is 0.800. The van der Waals surface area contributed by atoms with Crippen molar-refractivity contribution in [2.45, 2.75) is 25.8 Å². The molecule has 0 bridgehead atoms. The van der Waals surface area contributed by atoms with Crippen LogP contribution in [0.25, 0.3) is 0 Å². The predicted octanol–water partition coefficient (Wildman–Crippen LogP) is 0.668. The fourth-order valence-electron chi connectivity index (χ4n) is 2.90. The van der Waals surface area contributed by atoms with Crippen LogP contribution in [0.15, 0.2) is 12.7 Å². The lowest BCUT2D eigenvalue weighted by molar-refractivity contribution is 0.0870. The van der Waals surface area contributed by atoms with Gasteiger partial charge in [0.15, 0.2) is 0 Å². The van der Waals surface area contributed by atoms with Crippen molar-refractivity contribution in [2.24, 2.45) is 11.3 Å². The van der Waals surface area contributed by atoms with E-state index in [4.69, 9.17) is 0 Å². The standard InChI is InChI=1S/C10H16N4/c1-2-10(3-1)6-11-4-9(10)5-14-7-12-13-8-14/h7-9,11H,1-6H2. The molecule has 1 N–H and O–H groups in total. The maximum Gasteiger partial charge on any atom is 0.119 e. The van der Waals surface area contributed by atoms with E-state index in [9.17, 15) is 0 Å². The van der Waals surface area contributed by atoms with Gasteiger partial charge in [0, 0.05) is 19.6 Å². The van der Waals surface area contributed by atoms with Gasteiger partial charge >= 0.3 is 0 Å². The normalized spacial score (nSPS) is 29.3. The summed E-state index contributed by atoms with van der Waals surface area (Å²) in [4.78, 5) is 0. The van der Waals surface area contributed by atoms with Crippen LogP contribution < -0.4 is 5.32 Å². The van der Waals surface area contributed by atoms with Crippen molar-refractivity contribution in [1.82, 2.24) is 20.1 Å². The van der Waals surface area contributed by atoms with Crippen molar-refractivity contribution < 1.29 is 0 Å². The molecule has 1 aliphatic carbocycles. The van der Waals surface area contributed by atoms with Crippen LogP contribution in [0.1, 0.15) is 19.3 Å². The van der Waals surface area contributed by atoms with Crippen molar-refractivity contribution >= 4 is 0 Å². The number of hydrogen-bond acceptors (Lipinski definition) is 3. The molecule has 1 atom stereocenters. The zero-order valence-electron chi connectivity index (χ0n) is 8.32. The third-order valence-corrected chi connectivity index (χ3v) is 3.98. The molecule has 4 nitrogen and oxygen atoms in total. The third kappa shape index (κ3) is 1.17. The van der Waals surface area contributed by atoms with Gasteiger partial charge in [-0.05, 0) is 24.2 Å². The second kappa shape index (κ2) is 3.05. The van der Waals surface area contributed by atoms with Crippen molar-refractivity contribution in [3.63, 3.8) is 0 Å². The summed E-state index contributed by atoms with van der Waals surface area (Å²) in [5.41, 5.74) is 0.615. The topological polar surface area (TPSA) is 42.7 Å². The van der Waals surface area contributed by atoms with Gasteiger partial charge in [0.2, 0.25) is 0 Å². The SMILES string of the molecule is c1nncn1CC1CNCC12CCC2. The molecule has 1 aliphatic heterocycles. The van der Waals surface area contributed by atoms with Gasteiger partial charge in [-0.3, -0.25) is 0 Å².